The smallest absolute Gasteiger partial charge is 0.330 e. The van der Waals surface area contributed by atoms with E-state index >= 15 is 0 Å². The Morgan fingerprint density at radius 2 is 1.71 bits per heavy atom. The van der Waals surface area contributed by atoms with Gasteiger partial charge in [0.2, 0.25) is 0 Å². The second-order valence-electron chi connectivity index (χ2n) is 7.64. The number of carbonyl (C=O) groups is 2. The van der Waals surface area contributed by atoms with Gasteiger partial charge in [-0.1, -0.05) is 38.2 Å². The third kappa shape index (κ3) is 9.66. The molecule has 0 saturated carbocycles. The zero-order valence-corrected chi connectivity index (χ0v) is 17.4. The molecule has 2 N–H and O–H groups in total. The van der Waals surface area contributed by atoms with E-state index in [0.29, 0.717) is 26.1 Å². The second-order valence-corrected chi connectivity index (χ2v) is 7.64. The number of unbranched alkanes of at least 4 members (excludes halogenated alkanes) is 5. The number of aliphatic hydroxyl groups is 2. The average Bonchev–Trinajstić information content (AvgIpc) is 2.66. The minimum Gasteiger partial charge on any atom is -0.469 e. The first kappa shape index (κ1) is 24.6. The van der Waals surface area contributed by atoms with Crippen molar-refractivity contribution in [3.8, 4) is 0 Å². The molecule has 1 aliphatic heterocycles. The van der Waals surface area contributed by atoms with E-state index in [9.17, 15) is 19.8 Å². The van der Waals surface area contributed by atoms with Crippen molar-refractivity contribution in [2.45, 2.75) is 83.5 Å². The van der Waals surface area contributed by atoms with Crippen molar-refractivity contribution in [2.24, 2.45) is 5.92 Å². The molecule has 1 rings (SSSR count). The minimum atomic E-state index is -0.948. The van der Waals surface area contributed by atoms with Crippen LogP contribution in [0.3, 0.4) is 0 Å². The molecule has 1 fully saturated rings. The van der Waals surface area contributed by atoms with Gasteiger partial charge in [-0.15, -0.1) is 0 Å². The van der Waals surface area contributed by atoms with E-state index in [1.54, 1.807) is 6.92 Å². The Morgan fingerprint density at radius 3 is 2.39 bits per heavy atom. The van der Waals surface area contributed by atoms with E-state index in [1.807, 2.05) is 6.92 Å². The van der Waals surface area contributed by atoms with E-state index in [0.717, 1.165) is 44.1 Å². The van der Waals surface area contributed by atoms with Crippen LogP contribution >= 0.6 is 0 Å². The molecule has 1 aliphatic rings. The number of ether oxygens (including phenoxy) is 3. The predicted molar refractivity (Wildman–Crippen MR) is 105 cm³/mol. The molecular formula is C21H36O7. The first-order chi connectivity index (χ1) is 13.3. The third-order valence-electron chi connectivity index (χ3n) is 5.02. The van der Waals surface area contributed by atoms with Crippen molar-refractivity contribution in [1.29, 1.82) is 0 Å². The molecule has 1 saturated heterocycles. The van der Waals surface area contributed by atoms with Crippen LogP contribution in [-0.4, -0.2) is 60.8 Å². The molecular weight excluding hydrogens is 364 g/mol. The van der Waals surface area contributed by atoms with Crippen molar-refractivity contribution in [2.75, 3.05) is 20.3 Å². The van der Waals surface area contributed by atoms with E-state index < -0.39 is 24.3 Å². The maximum atomic E-state index is 11.9. The van der Waals surface area contributed by atoms with Gasteiger partial charge in [0, 0.05) is 18.4 Å². The summed E-state index contributed by atoms with van der Waals surface area (Å²) in [6.07, 6.45) is 5.75. The molecule has 0 bridgehead atoms. The minimum absolute atomic E-state index is 0.103. The summed E-state index contributed by atoms with van der Waals surface area (Å²) >= 11 is 0. The number of carbonyl (C=O) groups excluding carboxylic acids is 2. The highest BCUT2D eigenvalue weighted by atomic mass is 16.5. The zero-order chi connectivity index (χ0) is 20.9. The molecule has 1 heterocycles. The van der Waals surface area contributed by atoms with E-state index in [-0.39, 0.29) is 11.9 Å². The molecule has 7 heteroatoms. The number of rotatable bonds is 12. The first-order valence-electron chi connectivity index (χ1n) is 10.2. The first-order valence-corrected chi connectivity index (χ1v) is 10.2. The molecule has 28 heavy (non-hydrogen) atoms. The SMILES string of the molecule is COC(=O)CCCCCCCCOC(=O)/C=C(\C)C[C@@H]1OC[C@@H](C)[C@@H](O)[C@H]1O. The van der Waals surface area contributed by atoms with Crippen LogP contribution in [0.25, 0.3) is 0 Å². The normalized spacial score (nSPS) is 25.4. The predicted octanol–water partition coefficient (Wildman–Crippen LogP) is 2.53. The maximum Gasteiger partial charge on any atom is 0.330 e. The number of methoxy groups -OCH3 is 1. The van der Waals surface area contributed by atoms with Gasteiger partial charge in [-0.25, -0.2) is 4.79 Å². The monoisotopic (exact) mass is 400 g/mol. The fourth-order valence-electron chi connectivity index (χ4n) is 3.18. The fraction of sp³-hybridized carbons (Fsp3) is 0.810. The standard InChI is InChI=1S/C21H36O7/c1-15(12-17-21(25)20(24)16(2)14-28-17)13-19(23)27-11-9-7-5-4-6-8-10-18(22)26-3/h13,16-17,20-21,24-25H,4-12,14H2,1-3H3/b15-13+/t16-,17+,20-,21+/m1/s1. The molecule has 0 radical (unpaired) electrons. The van der Waals surface area contributed by atoms with Gasteiger partial charge in [-0.2, -0.15) is 0 Å². The van der Waals surface area contributed by atoms with E-state index in [4.69, 9.17) is 9.47 Å². The molecule has 7 nitrogen and oxygen atoms in total. The Balaban J connectivity index is 2.11. The van der Waals surface area contributed by atoms with Gasteiger partial charge in [0.1, 0.15) is 6.10 Å². The number of hydrogen-bond donors (Lipinski definition) is 2. The number of aliphatic hydroxyl groups excluding tert-OH is 2. The van der Waals surface area contributed by atoms with Gasteiger partial charge in [-0.3, -0.25) is 4.79 Å². The summed E-state index contributed by atoms with van der Waals surface area (Å²) in [7, 11) is 1.40. The van der Waals surface area contributed by atoms with Crippen LogP contribution in [0, 0.1) is 5.92 Å². The van der Waals surface area contributed by atoms with Crippen molar-refractivity contribution < 1.29 is 34.0 Å². The summed E-state index contributed by atoms with van der Waals surface area (Å²) in [5.41, 5.74) is 0.751. The quantitative estimate of drug-likeness (QED) is 0.295. The van der Waals surface area contributed by atoms with Crippen molar-refractivity contribution in [3.05, 3.63) is 11.6 Å². The van der Waals surface area contributed by atoms with Gasteiger partial charge in [0.15, 0.2) is 0 Å². The lowest BCUT2D eigenvalue weighted by Gasteiger charge is -2.36. The molecule has 0 aromatic heterocycles. The van der Waals surface area contributed by atoms with Crippen molar-refractivity contribution in [3.63, 3.8) is 0 Å². The summed E-state index contributed by atoms with van der Waals surface area (Å²) in [5, 5.41) is 20.0. The van der Waals surface area contributed by atoms with Crippen LogP contribution in [0.15, 0.2) is 11.6 Å². The van der Waals surface area contributed by atoms with E-state index in [2.05, 4.69) is 4.74 Å². The van der Waals surface area contributed by atoms with Gasteiger partial charge in [-0.05, 0) is 26.2 Å². The summed E-state index contributed by atoms with van der Waals surface area (Å²) in [5.74, 6) is -0.659. The van der Waals surface area contributed by atoms with Crippen molar-refractivity contribution >= 4 is 11.9 Å². The zero-order valence-electron chi connectivity index (χ0n) is 17.4. The van der Waals surface area contributed by atoms with Crippen LogP contribution in [0.2, 0.25) is 0 Å². The van der Waals surface area contributed by atoms with Crippen molar-refractivity contribution in [1.82, 2.24) is 0 Å². The molecule has 0 aromatic carbocycles. The number of esters is 2. The maximum absolute atomic E-state index is 11.9. The summed E-state index contributed by atoms with van der Waals surface area (Å²) in [4.78, 5) is 22.8. The summed E-state index contributed by atoms with van der Waals surface area (Å²) < 4.78 is 15.4. The number of hydrogen-bond acceptors (Lipinski definition) is 7. The Hall–Kier alpha value is -1.44. The highest BCUT2D eigenvalue weighted by molar-refractivity contribution is 5.82. The van der Waals surface area contributed by atoms with Gasteiger partial charge >= 0.3 is 11.9 Å². The highest BCUT2D eigenvalue weighted by Crippen LogP contribution is 2.24. The molecule has 0 unspecified atom stereocenters. The summed E-state index contributed by atoms with van der Waals surface area (Å²) in [6.45, 7) is 4.38. The molecule has 0 aromatic rings. The molecule has 0 spiro atoms. The van der Waals surface area contributed by atoms with Gasteiger partial charge in [0.25, 0.3) is 0 Å². The highest BCUT2D eigenvalue weighted by Gasteiger charge is 2.35. The lowest BCUT2D eigenvalue weighted by Crippen LogP contribution is -2.49. The Kier molecular flexibility index (Phi) is 12.0. The topological polar surface area (TPSA) is 102 Å². The van der Waals surface area contributed by atoms with Gasteiger partial charge in [0.05, 0.1) is 32.5 Å². The lowest BCUT2D eigenvalue weighted by atomic mass is 9.91. The Labute approximate surface area is 168 Å². The third-order valence-corrected chi connectivity index (χ3v) is 5.02. The van der Waals surface area contributed by atoms with Crippen LogP contribution in [0.1, 0.15) is 65.2 Å². The Bertz CT molecular complexity index is 503. The van der Waals surface area contributed by atoms with Crippen LogP contribution in [0.4, 0.5) is 0 Å². The molecule has 162 valence electrons. The summed E-state index contributed by atoms with van der Waals surface area (Å²) in [6, 6.07) is 0. The average molecular weight is 401 g/mol. The lowest BCUT2D eigenvalue weighted by molar-refractivity contribution is -0.159. The molecule has 4 atom stereocenters. The molecule has 0 amide bonds. The Morgan fingerprint density at radius 1 is 1.07 bits per heavy atom. The second kappa shape index (κ2) is 13.7. The largest absolute Gasteiger partial charge is 0.469 e. The van der Waals surface area contributed by atoms with Gasteiger partial charge < -0.3 is 24.4 Å². The van der Waals surface area contributed by atoms with Crippen LogP contribution < -0.4 is 0 Å². The van der Waals surface area contributed by atoms with Crippen LogP contribution in [-0.2, 0) is 23.8 Å². The fourth-order valence-corrected chi connectivity index (χ4v) is 3.18. The van der Waals surface area contributed by atoms with Crippen LogP contribution in [0.5, 0.6) is 0 Å². The van der Waals surface area contributed by atoms with E-state index in [1.165, 1.54) is 13.2 Å². The molecule has 0 aliphatic carbocycles.